The molecule has 7 nitrogen and oxygen atoms in total. The van der Waals surface area contributed by atoms with Crippen molar-refractivity contribution in [2.24, 2.45) is 5.73 Å². The SMILES string of the molecule is Cc1c[nH]c2nccc(Oc3ccc(C[C@H](N)c4nc(-c5ccccc5)no4)cc3F)c12. The number of pyridine rings is 1. The third-order valence-corrected chi connectivity index (χ3v) is 5.20. The number of benzene rings is 2. The van der Waals surface area contributed by atoms with E-state index in [4.69, 9.17) is 15.0 Å². The van der Waals surface area contributed by atoms with Gasteiger partial charge in [-0.05, 0) is 42.7 Å². The Hall–Kier alpha value is -4.04. The van der Waals surface area contributed by atoms with Gasteiger partial charge < -0.3 is 20.0 Å². The van der Waals surface area contributed by atoms with Crippen LogP contribution in [0.2, 0.25) is 0 Å². The second kappa shape index (κ2) is 8.24. The zero-order chi connectivity index (χ0) is 22.1. The Labute approximate surface area is 183 Å². The summed E-state index contributed by atoms with van der Waals surface area (Å²) < 4.78 is 26.0. The van der Waals surface area contributed by atoms with Crippen LogP contribution in [0.3, 0.4) is 0 Å². The van der Waals surface area contributed by atoms with Crippen LogP contribution in [0.1, 0.15) is 23.1 Å². The third-order valence-electron chi connectivity index (χ3n) is 5.20. The van der Waals surface area contributed by atoms with Gasteiger partial charge in [0.2, 0.25) is 11.7 Å². The van der Waals surface area contributed by atoms with Gasteiger partial charge in [0.1, 0.15) is 11.4 Å². The van der Waals surface area contributed by atoms with Crippen molar-refractivity contribution in [3.63, 3.8) is 0 Å². The molecular weight excluding hydrogens is 409 g/mol. The average Bonchev–Trinajstić information content (AvgIpc) is 3.44. The van der Waals surface area contributed by atoms with Gasteiger partial charge in [0, 0.05) is 18.0 Å². The number of aryl methyl sites for hydroxylation is 1. The van der Waals surface area contributed by atoms with Crippen molar-refractivity contribution in [3.8, 4) is 22.9 Å². The molecule has 0 spiro atoms. The van der Waals surface area contributed by atoms with Gasteiger partial charge in [0.15, 0.2) is 11.6 Å². The van der Waals surface area contributed by atoms with Crippen LogP contribution in [-0.4, -0.2) is 20.1 Å². The van der Waals surface area contributed by atoms with Crippen LogP contribution in [-0.2, 0) is 6.42 Å². The van der Waals surface area contributed by atoms with Gasteiger partial charge >= 0.3 is 0 Å². The Bertz CT molecular complexity index is 1380. The molecule has 2 aromatic carbocycles. The fraction of sp³-hybridized carbons (Fsp3) is 0.125. The van der Waals surface area contributed by atoms with Gasteiger partial charge in [0.05, 0.1) is 11.4 Å². The van der Waals surface area contributed by atoms with E-state index < -0.39 is 11.9 Å². The van der Waals surface area contributed by atoms with E-state index in [1.165, 1.54) is 6.07 Å². The minimum atomic E-state index is -0.562. The number of H-pyrrole nitrogens is 1. The van der Waals surface area contributed by atoms with Crippen LogP contribution < -0.4 is 10.5 Å². The lowest BCUT2D eigenvalue weighted by atomic mass is 10.1. The van der Waals surface area contributed by atoms with Crippen LogP contribution in [0.4, 0.5) is 4.39 Å². The highest BCUT2D eigenvalue weighted by Crippen LogP contribution is 2.32. The number of halogens is 1. The van der Waals surface area contributed by atoms with E-state index in [-0.39, 0.29) is 5.75 Å². The first-order valence-corrected chi connectivity index (χ1v) is 10.1. The molecule has 3 aromatic heterocycles. The van der Waals surface area contributed by atoms with Crippen LogP contribution >= 0.6 is 0 Å². The Morgan fingerprint density at radius 1 is 1.12 bits per heavy atom. The average molecular weight is 429 g/mol. The predicted octanol–water partition coefficient (Wildman–Crippen LogP) is 5.10. The molecule has 0 radical (unpaired) electrons. The highest BCUT2D eigenvalue weighted by molar-refractivity contribution is 5.86. The van der Waals surface area contributed by atoms with E-state index in [9.17, 15) is 4.39 Å². The summed E-state index contributed by atoms with van der Waals surface area (Å²) in [6.45, 7) is 1.94. The molecule has 0 aliphatic rings. The number of fused-ring (bicyclic) bond motifs is 1. The van der Waals surface area contributed by atoms with Gasteiger partial charge in [-0.1, -0.05) is 41.6 Å². The molecule has 160 valence electrons. The summed E-state index contributed by atoms with van der Waals surface area (Å²) in [7, 11) is 0. The molecule has 3 N–H and O–H groups in total. The van der Waals surface area contributed by atoms with Gasteiger partial charge in [-0.2, -0.15) is 4.98 Å². The van der Waals surface area contributed by atoms with Gasteiger partial charge in [-0.25, -0.2) is 9.37 Å². The fourth-order valence-electron chi connectivity index (χ4n) is 3.57. The van der Waals surface area contributed by atoms with Crippen molar-refractivity contribution in [1.82, 2.24) is 20.1 Å². The molecule has 5 aromatic rings. The predicted molar refractivity (Wildman–Crippen MR) is 118 cm³/mol. The second-order valence-corrected chi connectivity index (χ2v) is 7.50. The normalized spacial score (nSPS) is 12.2. The smallest absolute Gasteiger partial charge is 0.244 e. The standard InChI is InChI=1S/C24H20FN5O2/c1-14-13-28-23-21(14)20(9-10-27-23)31-19-8-7-15(11-17(19)25)12-18(26)24-29-22(30-32-24)16-5-3-2-4-6-16/h2-11,13,18H,12,26H2,1H3,(H,27,28)/t18-/m0/s1. The molecule has 0 saturated carbocycles. The number of rotatable bonds is 6. The van der Waals surface area contributed by atoms with Crippen LogP contribution in [0, 0.1) is 12.7 Å². The van der Waals surface area contributed by atoms with Crippen molar-refractivity contribution < 1.29 is 13.7 Å². The maximum atomic E-state index is 14.8. The lowest BCUT2D eigenvalue weighted by Gasteiger charge is -2.11. The van der Waals surface area contributed by atoms with Crippen molar-refractivity contribution in [2.75, 3.05) is 0 Å². The monoisotopic (exact) mass is 429 g/mol. The summed E-state index contributed by atoms with van der Waals surface area (Å²) in [5.41, 5.74) is 9.43. The minimum absolute atomic E-state index is 0.125. The zero-order valence-electron chi connectivity index (χ0n) is 17.2. The fourth-order valence-corrected chi connectivity index (χ4v) is 3.57. The molecule has 8 heteroatoms. The molecular formula is C24H20FN5O2. The Morgan fingerprint density at radius 2 is 1.97 bits per heavy atom. The van der Waals surface area contributed by atoms with Gasteiger partial charge in [0.25, 0.3) is 0 Å². The summed E-state index contributed by atoms with van der Waals surface area (Å²) >= 11 is 0. The number of hydrogen-bond acceptors (Lipinski definition) is 6. The van der Waals surface area contributed by atoms with E-state index in [2.05, 4.69) is 20.1 Å². The van der Waals surface area contributed by atoms with E-state index in [0.717, 1.165) is 16.5 Å². The summed E-state index contributed by atoms with van der Waals surface area (Å²) in [6.07, 6.45) is 3.79. The molecule has 0 fully saturated rings. The van der Waals surface area contributed by atoms with E-state index in [1.54, 1.807) is 24.4 Å². The molecule has 5 rings (SSSR count). The highest BCUT2D eigenvalue weighted by atomic mass is 19.1. The number of ether oxygens (including phenoxy) is 1. The lowest BCUT2D eigenvalue weighted by molar-refractivity contribution is 0.354. The van der Waals surface area contributed by atoms with Crippen LogP contribution in [0.5, 0.6) is 11.5 Å². The van der Waals surface area contributed by atoms with E-state index >= 15 is 0 Å². The first kappa shape index (κ1) is 19.9. The number of nitrogens with zero attached hydrogens (tertiary/aromatic N) is 3. The maximum Gasteiger partial charge on any atom is 0.244 e. The highest BCUT2D eigenvalue weighted by Gasteiger charge is 2.18. The third kappa shape index (κ3) is 3.83. The van der Waals surface area contributed by atoms with Gasteiger partial charge in [-0.15, -0.1) is 0 Å². The number of nitrogens with one attached hydrogen (secondary N) is 1. The summed E-state index contributed by atoms with van der Waals surface area (Å²) in [6, 6.07) is 15.4. The summed E-state index contributed by atoms with van der Waals surface area (Å²) in [4.78, 5) is 11.7. The Morgan fingerprint density at radius 3 is 2.78 bits per heavy atom. The number of hydrogen-bond donors (Lipinski definition) is 2. The minimum Gasteiger partial charge on any atom is -0.453 e. The molecule has 32 heavy (non-hydrogen) atoms. The molecule has 0 amide bonds. The number of aromatic amines is 1. The van der Waals surface area contributed by atoms with Crippen molar-refractivity contribution in [3.05, 3.63) is 89.8 Å². The molecule has 1 atom stereocenters. The quantitative estimate of drug-likeness (QED) is 0.389. The van der Waals surface area contributed by atoms with Gasteiger partial charge in [-0.3, -0.25) is 0 Å². The first-order chi connectivity index (χ1) is 15.6. The maximum absolute atomic E-state index is 14.8. The lowest BCUT2D eigenvalue weighted by Crippen LogP contribution is -2.14. The van der Waals surface area contributed by atoms with E-state index in [1.807, 2.05) is 43.5 Å². The second-order valence-electron chi connectivity index (χ2n) is 7.50. The Balaban J connectivity index is 1.32. The number of nitrogens with two attached hydrogens (primary N) is 1. The summed E-state index contributed by atoms with van der Waals surface area (Å²) in [5, 5.41) is 4.81. The van der Waals surface area contributed by atoms with Crippen molar-refractivity contribution >= 4 is 11.0 Å². The zero-order valence-corrected chi connectivity index (χ0v) is 17.2. The first-order valence-electron chi connectivity index (χ1n) is 10.1. The van der Waals surface area contributed by atoms with Crippen LogP contribution in [0.25, 0.3) is 22.4 Å². The van der Waals surface area contributed by atoms with E-state index in [0.29, 0.717) is 35.1 Å². The Kier molecular flexibility index (Phi) is 5.12. The molecule has 3 heterocycles. The largest absolute Gasteiger partial charge is 0.453 e. The van der Waals surface area contributed by atoms with Crippen LogP contribution in [0.15, 0.2) is 71.5 Å². The summed E-state index contributed by atoms with van der Waals surface area (Å²) in [5.74, 6) is 0.945. The molecule has 0 saturated heterocycles. The molecule has 0 aliphatic heterocycles. The molecule has 0 bridgehead atoms. The number of aromatic nitrogens is 4. The topological polar surface area (TPSA) is 103 Å². The molecule has 0 aliphatic carbocycles. The van der Waals surface area contributed by atoms with Crippen molar-refractivity contribution in [2.45, 2.75) is 19.4 Å². The molecule has 0 unspecified atom stereocenters. The van der Waals surface area contributed by atoms with Crippen molar-refractivity contribution in [1.29, 1.82) is 0 Å².